The number of hydrogen-bond donors (Lipinski definition) is 1. The molecule has 1 N–H and O–H groups in total. The number of benzene rings is 2. The van der Waals surface area contributed by atoms with Gasteiger partial charge in [0.1, 0.15) is 0 Å². The van der Waals surface area contributed by atoms with Crippen LogP contribution in [-0.2, 0) is 15.8 Å². The number of halogens is 3. The summed E-state index contributed by atoms with van der Waals surface area (Å²) in [6, 6.07) is 9.94. The molecule has 0 unspecified atom stereocenters. The van der Waals surface area contributed by atoms with Gasteiger partial charge < -0.3 is 15.0 Å². The van der Waals surface area contributed by atoms with Gasteiger partial charge in [-0.2, -0.15) is 13.2 Å². The molecule has 0 fully saturated rings. The van der Waals surface area contributed by atoms with Crippen LogP contribution in [0, 0.1) is 10.1 Å². The third-order valence-electron chi connectivity index (χ3n) is 3.99. The van der Waals surface area contributed by atoms with E-state index in [1.807, 2.05) is 0 Å². The van der Waals surface area contributed by atoms with Gasteiger partial charge in [0, 0.05) is 12.6 Å². The van der Waals surface area contributed by atoms with E-state index in [4.69, 9.17) is 4.74 Å². The summed E-state index contributed by atoms with van der Waals surface area (Å²) >= 11 is 0. The molecule has 2 aromatic rings. The zero-order chi connectivity index (χ0) is 22.3. The van der Waals surface area contributed by atoms with Gasteiger partial charge >= 0.3 is 11.9 Å². The minimum Gasteiger partial charge on any atom is -0.477 e. The predicted molar refractivity (Wildman–Crippen MR) is 101 cm³/mol. The van der Waals surface area contributed by atoms with Gasteiger partial charge in [-0.3, -0.25) is 19.7 Å². The van der Waals surface area contributed by atoms with Crippen LogP contribution in [0.2, 0.25) is 0 Å². The Morgan fingerprint density at radius 1 is 1.13 bits per heavy atom. The van der Waals surface area contributed by atoms with E-state index in [-0.39, 0.29) is 18.0 Å². The first kappa shape index (κ1) is 22.7. The van der Waals surface area contributed by atoms with Crippen molar-refractivity contribution in [2.75, 3.05) is 25.0 Å². The predicted octanol–water partition coefficient (Wildman–Crippen LogP) is 3.48. The summed E-state index contributed by atoms with van der Waals surface area (Å²) in [5.41, 5.74) is -1.75. The van der Waals surface area contributed by atoms with Crippen LogP contribution in [0.1, 0.15) is 12.5 Å². The summed E-state index contributed by atoms with van der Waals surface area (Å²) in [4.78, 5) is 35.9. The van der Waals surface area contributed by atoms with Crippen molar-refractivity contribution >= 4 is 23.2 Å². The highest BCUT2D eigenvalue weighted by Crippen LogP contribution is 2.34. The van der Waals surface area contributed by atoms with Crippen LogP contribution in [0.3, 0.4) is 0 Å². The number of hydrogen-bond acceptors (Lipinski definition) is 5. The number of nitrogens with one attached hydrogen (secondary N) is 1. The molecule has 2 amide bonds. The lowest BCUT2D eigenvalue weighted by molar-refractivity contribution is -0.385. The average Bonchev–Trinajstić information content (AvgIpc) is 2.70. The molecule has 2 rings (SSSR count). The number of nitro benzene ring substituents is 1. The van der Waals surface area contributed by atoms with Crippen LogP contribution in [-0.4, -0.2) is 41.3 Å². The number of rotatable bonds is 8. The normalized spacial score (nSPS) is 10.9. The van der Waals surface area contributed by atoms with E-state index in [1.54, 1.807) is 6.92 Å². The van der Waals surface area contributed by atoms with E-state index in [9.17, 15) is 32.9 Å². The molecular weight excluding hydrogens is 407 g/mol. The lowest BCUT2D eigenvalue weighted by Crippen LogP contribution is -2.40. The fraction of sp³-hybridized carbons (Fsp3) is 0.263. The first-order valence-corrected chi connectivity index (χ1v) is 8.73. The molecule has 0 saturated carbocycles. The highest BCUT2D eigenvalue weighted by Gasteiger charge is 2.33. The van der Waals surface area contributed by atoms with Crippen LogP contribution < -0.4 is 10.1 Å². The van der Waals surface area contributed by atoms with Gasteiger partial charge in [-0.1, -0.05) is 24.3 Å². The van der Waals surface area contributed by atoms with Gasteiger partial charge in [-0.15, -0.1) is 0 Å². The van der Waals surface area contributed by atoms with Crippen molar-refractivity contribution in [3.63, 3.8) is 0 Å². The minimum atomic E-state index is -4.65. The third-order valence-corrected chi connectivity index (χ3v) is 3.99. The highest BCUT2D eigenvalue weighted by atomic mass is 19.4. The van der Waals surface area contributed by atoms with E-state index < -0.39 is 47.3 Å². The average molecular weight is 425 g/mol. The Labute approximate surface area is 169 Å². The first-order chi connectivity index (χ1) is 14.1. The second-order valence-corrected chi connectivity index (χ2v) is 6.01. The second kappa shape index (κ2) is 9.72. The van der Waals surface area contributed by atoms with Crippen LogP contribution in [0.15, 0.2) is 48.5 Å². The molecule has 0 radical (unpaired) electrons. The maximum atomic E-state index is 13.0. The molecule has 160 valence electrons. The molecule has 0 bridgehead atoms. The Bertz CT molecular complexity index is 934. The van der Waals surface area contributed by atoms with Crippen molar-refractivity contribution < 1.29 is 32.4 Å². The van der Waals surface area contributed by atoms with Crippen molar-refractivity contribution in [1.29, 1.82) is 0 Å². The molecule has 8 nitrogen and oxygen atoms in total. The number of alkyl halides is 3. The Morgan fingerprint density at radius 2 is 1.77 bits per heavy atom. The van der Waals surface area contributed by atoms with Crippen molar-refractivity contribution in [2.24, 2.45) is 0 Å². The molecule has 30 heavy (non-hydrogen) atoms. The number of nitro groups is 1. The van der Waals surface area contributed by atoms with Crippen LogP contribution in [0.25, 0.3) is 0 Å². The number of ether oxygens (including phenoxy) is 1. The SMILES string of the molecule is CCN(CC(=O)Nc1ccccc1C(F)(F)F)C(=O)COc1ccccc1[N+](=O)[O-]. The lowest BCUT2D eigenvalue weighted by Gasteiger charge is -2.21. The molecule has 0 spiro atoms. The number of carbonyl (C=O) groups excluding carboxylic acids is 2. The number of para-hydroxylation sites is 3. The monoisotopic (exact) mass is 425 g/mol. The molecule has 0 aliphatic heterocycles. The quantitative estimate of drug-likeness (QED) is 0.515. The molecule has 0 heterocycles. The second-order valence-electron chi connectivity index (χ2n) is 6.01. The van der Waals surface area contributed by atoms with E-state index in [0.29, 0.717) is 0 Å². The fourth-order valence-corrected chi connectivity index (χ4v) is 2.54. The third kappa shape index (κ3) is 5.93. The molecular formula is C19H18F3N3O5. The molecule has 0 aliphatic carbocycles. The summed E-state index contributed by atoms with van der Waals surface area (Å²) in [7, 11) is 0. The maximum absolute atomic E-state index is 13.0. The molecule has 0 atom stereocenters. The highest BCUT2D eigenvalue weighted by molar-refractivity contribution is 5.95. The molecule has 0 saturated heterocycles. The zero-order valence-corrected chi connectivity index (χ0v) is 15.8. The van der Waals surface area contributed by atoms with E-state index in [2.05, 4.69) is 5.32 Å². The molecule has 0 aliphatic rings. The summed E-state index contributed by atoms with van der Waals surface area (Å²) in [6.07, 6.45) is -4.65. The summed E-state index contributed by atoms with van der Waals surface area (Å²) in [5, 5.41) is 13.1. The summed E-state index contributed by atoms with van der Waals surface area (Å²) in [5.74, 6) is -1.60. The van der Waals surface area contributed by atoms with E-state index >= 15 is 0 Å². The summed E-state index contributed by atoms with van der Waals surface area (Å²) < 4.78 is 44.3. The van der Waals surface area contributed by atoms with Crippen LogP contribution >= 0.6 is 0 Å². The van der Waals surface area contributed by atoms with Crippen molar-refractivity contribution in [3.8, 4) is 5.75 Å². The Balaban J connectivity index is 2.01. The smallest absolute Gasteiger partial charge is 0.418 e. The lowest BCUT2D eigenvalue weighted by atomic mass is 10.1. The van der Waals surface area contributed by atoms with Crippen molar-refractivity contribution in [1.82, 2.24) is 4.90 Å². The van der Waals surface area contributed by atoms with Crippen molar-refractivity contribution in [3.05, 3.63) is 64.2 Å². The Hall–Kier alpha value is -3.63. The van der Waals surface area contributed by atoms with Crippen molar-refractivity contribution in [2.45, 2.75) is 13.1 Å². The number of carbonyl (C=O) groups is 2. The van der Waals surface area contributed by atoms with E-state index in [0.717, 1.165) is 17.0 Å². The maximum Gasteiger partial charge on any atom is 0.418 e. The number of nitrogens with zero attached hydrogens (tertiary/aromatic N) is 2. The number of amides is 2. The first-order valence-electron chi connectivity index (χ1n) is 8.73. The molecule has 0 aromatic heterocycles. The standard InChI is InChI=1S/C19H18F3N3O5/c1-2-24(18(27)12-30-16-10-6-5-9-15(16)25(28)29)11-17(26)23-14-8-4-3-7-13(14)19(20,21)22/h3-10H,2,11-12H2,1H3,(H,23,26). The van der Waals surface area contributed by atoms with Crippen LogP contribution in [0.5, 0.6) is 5.75 Å². The topological polar surface area (TPSA) is 102 Å². The fourth-order valence-electron chi connectivity index (χ4n) is 2.54. The number of likely N-dealkylation sites (N-methyl/N-ethyl adjacent to an activating group) is 1. The molecule has 2 aromatic carbocycles. The van der Waals surface area contributed by atoms with Crippen LogP contribution in [0.4, 0.5) is 24.5 Å². The Morgan fingerprint density at radius 3 is 2.40 bits per heavy atom. The minimum absolute atomic E-state index is 0.0768. The largest absolute Gasteiger partial charge is 0.477 e. The van der Waals surface area contributed by atoms with Gasteiger partial charge in [0.15, 0.2) is 12.4 Å². The van der Waals surface area contributed by atoms with Gasteiger partial charge in [-0.25, -0.2) is 0 Å². The van der Waals surface area contributed by atoms with Gasteiger partial charge in [-0.05, 0) is 25.1 Å². The zero-order valence-electron chi connectivity index (χ0n) is 15.8. The number of anilines is 1. The van der Waals surface area contributed by atoms with Gasteiger partial charge in [0.2, 0.25) is 5.91 Å². The molecule has 11 heteroatoms. The van der Waals surface area contributed by atoms with Gasteiger partial charge in [0.05, 0.1) is 22.7 Å². The van der Waals surface area contributed by atoms with Gasteiger partial charge in [0.25, 0.3) is 5.91 Å². The van der Waals surface area contributed by atoms with E-state index in [1.165, 1.54) is 36.4 Å². The summed E-state index contributed by atoms with van der Waals surface area (Å²) in [6.45, 7) is 0.556. The Kier molecular flexibility index (Phi) is 7.34.